The van der Waals surface area contributed by atoms with Crippen molar-refractivity contribution < 1.29 is 61.7 Å². The van der Waals surface area contributed by atoms with Crippen molar-refractivity contribution >= 4 is 45.2 Å². The zero-order valence-electron chi connectivity index (χ0n) is 35.7. The zero-order valence-corrected chi connectivity index (χ0v) is 36.5. The number of nitrogens with zero attached hydrogens (tertiary/aromatic N) is 2. The number of rotatable bonds is 15. The molecule has 2 aromatic heterocycles. The van der Waals surface area contributed by atoms with Crippen LogP contribution in [0, 0.1) is 11.6 Å². The van der Waals surface area contributed by atoms with E-state index in [0.29, 0.717) is 10.8 Å². The number of benzene rings is 4. The Morgan fingerprint density at radius 2 is 1.13 bits per heavy atom. The van der Waals surface area contributed by atoms with Gasteiger partial charge in [-0.1, -0.05) is 35.9 Å². The first-order valence-corrected chi connectivity index (χ1v) is 21.1. The Balaban J connectivity index is 0.000000199. The van der Waals surface area contributed by atoms with Crippen molar-refractivity contribution in [2.24, 2.45) is 0 Å². The summed E-state index contributed by atoms with van der Waals surface area (Å²) in [5.41, 5.74) is 0.344. The Kier molecular flexibility index (Phi) is 16.4. The average molecular weight is 951 g/mol. The third-order valence-electron chi connectivity index (χ3n) is 10.2. The van der Waals surface area contributed by atoms with Crippen LogP contribution in [0.25, 0.3) is 21.8 Å². The number of amides is 2. The summed E-state index contributed by atoms with van der Waals surface area (Å²) in [6.45, 7) is 0.565. The molecule has 2 amide bonds. The van der Waals surface area contributed by atoms with E-state index in [1.54, 1.807) is 49.6 Å². The number of methoxy groups -OCH3 is 1. The second-order valence-electron chi connectivity index (χ2n) is 15.0. The van der Waals surface area contributed by atoms with E-state index in [2.05, 4.69) is 30.6 Å². The normalized spacial score (nSPS) is 18.1. The maximum atomic E-state index is 14.5. The maximum Gasteiger partial charge on any atom is 0.287 e. The molecular formula is C45H45ClF2N6O13. The number of aliphatic hydroxyl groups is 2. The molecule has 67 heavy (non-hydrogen) atoms. The third-order valence-corrected chi connectivity index (χ3v) is 10.5. The smallest absolute Gasteiger partial charge is 0.287 e. The van der Waals surface area contributed by atoms with Gasteiger partial charge in [0.25, 0.3) is 22.9 Å². The summed E-state index contributed by atoms with van der Waals surface area (Å²) in [7, 11) is 1.55. The highest BCUT2D eigenvalue weighted by Gasteiger charge is 2.26. The molecular weight excluding hydrogens is 906 g/mol. The van der Waals surface area contributed by atoms with Crippen LogP contribution in [0.4, 0.5) is 8.78 Å². The lowest BCUT2D eigenvalue weighted by Crippen LogP contribution is -2.40. The van der Waals surface area contributed by atoms with E-state index in [1.807, 2.05) is 6.07 Å². The second kappa shape index (κ2) is 22.7. The summed E-state index contributed by atoms with van der Waals surface area (Å²) in [5, 5.41) is 23.8. The molecule has 2 saturated heterocycles. The quantitative estimate of drug-likeness (QED) is 0.0866. The second-order valence-corrected chi connectivity index (χ2v) is 15.5. The fourth-order valence-electron chi connectivity index (χ4n) is 6.74. The van der Waals surface area contributed by atoms with E-state index in [-0.39, 0.29) is 111 Å². The average Bonchev–Trinajstić information content (AvgIpc) is 3.35. The van der Waals surface area contributed by atoms with E-state index in [0.717, 1.165) is 23.3 Å². The summed E-state index contributed by atoms with van der Waals surface area (Å²) in [4.78, 5) is 63.6. The first-order valence-electron chi connectivity index (χ1n) is 20.8. The number of halogens is 3. The number of ether oxygens (including phenoxy) is 7. The van der Waals surface area contributed by atoms with Crippen LogP contribution in [0.3, 0.4) is 0 Å². The monoisotopic (exact) mass is 950 g/mol. The molecule has 19 nitrogen and oxygen atoms in total. The topological polar surface area (TPSA) is 255 Å². The highest BCUT2D eigenvalue weighted by atomic mass is 35.5. The Morgan fingerprint density at radius 3 is 1.57 bits per heavy atom. The summed E-state index contributed by atoms with van der Waals surface area (Å²) < 4.78 is 67.0. The van der Waals surface area contributed by atoms with Crippen LogP contribution < -0.4 is 36.0 Å². The van der Waals surface area contributed by atoms with Gasteiger partial charge in [-0.05, 0) is 59.7 Å². The minimum Gasteiger partial charge on any atom is -0.497 e. The molecule has 0 spiro atoms. The van der Waals surface area contributed by atoms with E-state index in [1.165, 1.54) is 12.1 Å². The molecule has 354 valence electrons. The van der Waals surface area contributed by atoms with Gasteiger partial charge < -0.3 is 64.0 Å². The van der Waals surface area contributed by atoms with Crippen molar-refractivity contribution in [3.8, 4) is 17.2 Å². The molecule has 6 aromatic rings. The fraction of sp³-hybridized carbons (Fsp3) is 0.333. The number of carbonyl (C=O) groups excluding carboxylic acids is 2. The van der Waals surface area contributed by atoms with E-state index in [4.69, 9.17) is 55.0 Å². The lowest BCUT2D eigenvalue weighted by Gasteiger charge is -2.28. The van der Waals surface area contributed by atoms with Crippen LogP contribution in [-0.2, 0) is 32.0 Å². The van der Waals surface area contributed by atoms with Crippen LogP contribution in [0.5, 0.6) is 17.2 Å². The van der Waals surface area contributed by atoms with Gasteiger partial charge in [-0.25, -0.2) is 18.7 Å². The lowest BCUT2D eigenvalue weighted by atomic mass is 10.2. The lowest BCUT2D eigenvalue weighted by molar-refractivity contribution is -0.153. The Hall–Kier alpha value is -6.59. The van der Waals surface area contributed by atoms with Crippen LogP contribution in [-0.4, -0.2) is 126 Å². The first-order chi connectivity index (χ1) is 32.4. The molecule has 2 fully saturated rings. The number of H-pyrrole nitrogens is 2. The van der Waals surface area contributed by atoms with E-state index < -0.39 is 59.0 Å². The Bertz CT molecular complexity index is 2820. The molecule has 0 bridgehead atoms. The molecule has 8 rings (SSSR count). The SMILES string of the molecule is COc1cccc(CNC(=O)c2nc3ccc(F)c(OCC4COC(CO)CO4)c3c(=O)[nH]2)c1.O=C(NCc1cccc(Cl)c1)c1nc2ccc(F)c(OCC3COC(CO)CO3)c2c(=O)[nH]1. The van der Waals surface area contributed by atoms with Crippen LogP contribution in [0.1, 0.15) is 32.4 Å². The molecule has 4 atom stereocenters. The number of aromatic nitrogens is 4. The number of aliphatic hydroxyl groups excluding tert-OH is 2. The number of hydrogen-bond donors (Lipinski definition) is 6. The third kappa shape index (κ3) is 12.5. The van der Waals surface area contributed by atoms with Crippen molar-refractivity contribution in [3.05, 3.63) is 133 Å². The minimum absolute atomic E-state index is 0.0730. The molecule has 4 unspecified atom stereocenters. The Labute approximate surface area is 384 Å². The van der Waals surface area contributed by atoms with Crippen LogP contribution in [0.2, 0.25) is 5.02 Å². The Morgan fingerprint density at radius 1 is 0.687 bits per heavy atom. The maximum absolute atomic E-state index is 14.5. The van der Waals surface area contributed by atoms with Gasteiger partial charge in [-0.15, -0.1) is 0 Å². The van der Waals surface area contributed by atoms with Crippen LogP contribution in [0.15, 0.2) is 82.4 Å². The molecule has 0 saturated carbocycles. The summed E-state index contributed by atoms with van der Waals surface area (Å²) in [6, 6.07) is 19.0. The van der Waals surface area contributed by atoms with Gasteiger partial charge in [0, 0.05) is 18.1 Å². The van der Waals surface area contributed by atoms with Gasteiger partial charge in [0.15, 0.2) is 34.8 Å². The van der Waals surface area contributed by atoms with Gasteiger partial charge >= 0.3 is 0 Å². The summed E-state index contributed by atoms with van der Waals surface area (Å²) >= 11 is 5.94. The van der Waals surface area contributed by atoms with Crippen molar-refractivity contribution in [2.75, 3.05) is 60.0 Å². The molecule has 22 heteroatoms. The molecule has 0 radical (unpaired) electrons. The summed E-state index contributed by atoms with van der Waals surface area (Å²) in [6.07, 6.45) is -1.81. The largest absolute Gasteiger partial charge is 0.497 e. The number of hydrogen-bond acceptors (Lipinski definition) is 15. The molecule has 4 heterocycles. The minimum atomic E-state index is -0.752. The van der Waals surface area contributed by atoms with E-state index in [9.17, 15) is 28.0 Å². The number of aromatic amines is 2. The molecule has 6 N–H and O–H groups in total. The highest BCUT2D eigenvalue weighted by Crippen LogP contribution is 2.27. The van der Waals surface area contributed by atoms with Crippen LogP contribution >= 0.6 is 11.6 Å². The molecule has 4 aromatic carbocycles. The van der Waals surface area contributed by atoms with E-state index >= 15 is 0 Å². The van der Waals surface area contributed by atoms with Gasteiger partial charge in [0.1, 0.15) is 54.2 Å². The van der Waals surface area contributed by atoms with Crippen molar-refractivity contribution in [1.82, 2.24) is 30.6 Å². The predicted molar refractivity (Wildman–Crippen MR) is 236 cm³/mol. The van der Waals surface area contributed by atoms with Gasteiger partial charge in [-0.2, -0.15) is 0 Å². The molecule has 0 aliphatic carbocycles. The number of carbonyl (C=O) groups is 2. The fourth-order valence-corrected chi connectivity index (χ4v) is 6.95. The highest BCUT2D eigenvalue weighted by molar-refractivity contribution is 6.30. The van der Waals surface area contributed by atoms with Gasteiger partial charge in [-0.3, -0.25) is 19.2 Å². The van der Waals surface area contributed by atoms with Gasteiger partial charge in [0.2, 0.25) is 0 Å². The first kappa shape index (κ1) is 48.3. The van der Waals surface area contributed by atoms with Gasteiger partial charge in [0.05, 0.1) is 57.8 Å². The number of nitrogens with one attached hydrogen (secondary N) is 4. The number of fused-ring (bicyclic) bond motifs is 2. The zero-order chi connectivity index (χ0) is 47.5. The summed E-state index contributed by atoms with van der Waals surface area (Å²) in [5.74, 6) is -3.06. The van der Waals surface area contributed by atoms with Crippen molar-refractivity contribution in [2.45, 2.75) is 37.5 Å². The standard InChI is InChI=1S/C23H24FN3O7.C22H21ClFN3O6/c1-31-14-4-2-3-13(7-14)8-25-23(30)21-26-18-6-5-17(24)20(19(18)22(29)27-21)34-12-16-11-32-15(9-28)10-33-16;23-13-3-1-2-12(6-13)7-25-22(30)20-26-17-5-4-16(24)19(18(17)21(29)27-20)33-11-15-10-31-14(8-28)9-32-15/h2-7,15-16,28H,8-12H2,1H3,(H,25,30)(H,26,27,29);1-6,14-15,28H,7-11H2,(H,25,30)(H,26,27,29). The predicted octanol–water partition coefficient (Wildman–Crippen LogP) is 2.96. The van der Waals surface area contributed by atoms with Crippen molar-refractivity contribution in [1.29, 1.82) is 0 Å². The van der Waals surface area contributed by atoms with Crippen molar-refractivity contribution in [3.63, 3.8) is 0 Å². The molecule has 2 aliphatic rings. The molecule has 2 aliphatic heterocycles.